The number of morpholine rings is 1. The van der Waals surface area contributed by atoms with Crippen molar-refractivity contribution in [2.24, 2.45) is 0 Å². The summed E-state index contributed by atoms with van der Waals surface area (Å²) in [5.41, 5.74) is 0. The highest BCUT2D eigenvalue weighted by Gasteiger charge is 2.33. The van der Waals surface area contributed by atoms with Gasteiger partial charge in [0.05, 0.1) is 12.6 Å². The Morgan fingerprint density at radius 3 is 3.10 bits per heavy atom. The molecular formula is C14H18N4O2S. The third-order valence-corrected chi connectivity index (χ3v) is 5.00. The largest absolute Gasteiger partial charge is 0.368 e. The van der Waals surface area contributed by atoms with Gasteiger partial charge in [-0.2, -0.15) is 4.98 Å². The van der Waals surface area contributed by atoms with Crippen molar-refractivity contribution in [2.75, 3.05) is 19.7 Å². The minimum atomic E-state index is 0.0482. The number of hydrogen-bond donors (Lipinski definition) is 0. The van der Waals surface area contributed by atoms with Crippen LogP contribution in [0.5, 0.6) is 0 Å². The number of hydrogen-bond acceptors (Lipinski definition) is 7. The van der Waals surface area contributed by atoms with Gasteiger partial charge in [-0.15, -0.1) is 11.3 Å². The van der Waals surface area contributed by atoms with Gasteiger partial charge in [-0.3, -0.25) is 4.90 Å². The van der Waals surface area contributed by atoms with Crippen LogP contribution in [0.2, 0.25) is 0 Å². The Hall–Kier alpha value is -1.31. The molecular weight excluding hydrogens is 288 g/mol. The molecule has 0 bridgehead atoms. The van der Waals surface area contributed by atoms with Crippen LogP contribution in [0.25, 0.3) is 0 Å². The second-order valence-electron chi connectivity index (χ2n) is 5.67. The molecule has 2 aliphatic rings. The molecule has 6 nitrogen and oxygen atoms in total. The quantitative estimate of drug-likeness (QED) is 0.865. The molecule has 1 saturated carbocycles. The minimum absolute atomic E-state index is 0.0482. The van der Waals surface area contributed by atoms with Gasteiger partial charge in [0.1, 0.15) is 11.1 Å². The van der Waals surface area contributed by atoms with Crippen molar-refractivity contribution >= 4 is 11.3 Å². The van der Waals surface area contributed by atoms with E-state index in [1.807, 2.05) is 11.6 Å². The standard InChI is InChI=1S/C14H18N4O2S/c1-9(13-16-12(17-20-13)10-2-3-10)18-5-6-19-11(8-18)14-15-4-7-21-14/h4,7,9-11H,2-3,5-6,8H2,1H3/t9-,11+/m0/s1. The summed E-state index contributed by atoms with van der Waals surface area (Å²) < 4.78 is 11.3. The Morgan fingerprint density at radius 1 is 1.43 bits per heavy atom. The molecule has 0 amide bonds. The topological polar surface area (TPSA) is 64.3 Å². The number of rotatable bonds is 4. The molecule has 2 atom stereocenters. The molecule has 0 N–H and O–H groups in total. The molecule has 3 heterocycles. The van der Waals surface area contributed by atoms with Crippen molar-refractivity contribution in [3.8, 4) is 0 Å². The summed E-state index contributed by atoms with van der Waals surface area (Å²) >= 11 is 1.64. The van der Waals surface area contributed by atoms with Gasteiger partial charge >= 0.3 is 0 Å². The van der Waals surface area contributed by atoms with E-state index >= 15 is 0 Å². The maximum atomic E-state index is 5.83. The summed E-state index contributed by atoms with van der Waals surface area (Å²) in [7, 11) is 0. The van der Waals surface area contributed by atoms with Crippen LogP contribution in [0.1, 0.15) is 54.6 Å². The molecule has 0 aromatic carbocycles. The maximum absolute atomic E-state index is 5.83. The number of ether oxygens (including phenoxy) is 1. The Morgan fingerprint density at radius 2 is 2.33 bits per heavy atom. The number of nitrogens with zero attached hydrogens (tertiary/aromatic N) is 4. The summed E-state index contributed by atoms with van der Waals surface area (Å²) in [6.07, 6.45) is 4.26. The number of thiazole rings is 1. The normalized spacial score (nSPS) is 25.1. The summed E-state index contributed by atoms with van der Waals surface area (Å²) in [4.78, 5) is 11.3. The van der Waals surface area contributed by atoms with Gasteiger partial charge in [0.25, 0.3) is 0 Å². The van der Waals surface area contributed by atoms with E-state index in [0.717, 1.165) is 29.8 Å². The zero-order valence-electron chi connectivity index (χ0n) is 11.9. The second kappa shape index (κ2) is 5.47. The van der Waals surface area contributed by atoms with Crippen molar-refractivity contribution in [3.63, 3.8) is 0 Å². The van der Waals surface area contributed by atoms with E-state index in [4.69, 9.17) is 9.26 Å². The molecule has 1 aliphatic carbocycles. The predicted molar refractivity (Wildman–Crippen MR) is 77.1 cm³/mol. The predicted octanol–water partition coefficient (Wildman–Crippen LogP) is 2.54. The van der Waals surface area contributed by atoms with Gasteiger partial charge in [-0.1, -0.05) is 5.16 Å². The first-order valence-corrected chi connectivity index (χ1v) is 8.28. The second-order valence-corrected chi connectivity index (χ2v) is 6.59. The summed E-state index contributed by atoms with van der Waals surface area (Å²) in [6.45, 7) is 4.52. The SMILES string of the molecule is C[C@@H](c1nc(C2CC2)no1)N1CCO[C@@H](c2nccs2)C1. The highest BCUT2D eigenvalue weighted by Crippen LogP contribution is 2.39. The Bertz CT molecular complexity index is 596. The first-order valence-electron chi connectivity index (χ1n) is 7.40. The molecule has 2 aromatic rings. The fourth-order valence-electron chi connectivity index (χ4n) is 2.64. The molecule has 0 spiro atoms. The lowest BCUT2D eigenvalue weighted by Gasteiger charge is -2.34. The van der Waals surface area contributed by atoms with Crippen molar-refractivity contribution in [3.05, 3.63) is 28.3 Å². The Balaban J connectivity index is 1.46. The van der Waals surface area contributed by atoms with E-state index in [1.165, 1.54) is 12.8 Å². The van der Waals surface area contributed by atoms with Crippen LogP contribution in [0.3, 0.4) is 0 Å². The Kier molecular flexibility index (Phi) is 3.48. The Labute approximate surface area is 127 Å². The van der Waals surface area contributed by atoms with Crippen molar-refractivity contribution in [1.29, 1.82) is 0 Å². The molecule has 4 rings (SSSR count). The van der Waals surface area contributed by atoms with E-state index in [0.29, 0.717) is 12.5 Å². The van der Waals surface area contributed by atoms with Gasteiger partial charge in [-0.05, 0) is 19.8 Å². The third-order valence-electron chi connectivity index (χ3n) is 4.13. The molecule has 112 valence electrons. The van der Waals surface area contributed by atoms with Crippen molar-refractivity contribution < 1.29 is 9.26 Å². The van der Waals surface area contributed by atoms with Crippen molar-refractivity contribution in [1.82, 2.24) is 20.0 Å². The monoisotopic (exact) mass is 306 g/mol. The lowest BCUT2D eigenvalue weighted by Crippen LogP contribution is -2.39. The molecule has 2 aromatic heterocycles. The van der Waals surface area contributed by atoms with Crippen LogP contribution < -0.4 is 0 Å². The molecule has 21 heavy (non-hydrogen) atoms. The maximum Gasteiger partial charge on any atom is 0.243 e. The molecule has 1 saturated heterocycles. The highest BCUT2D eigenvalue weighted by atomic mass is 32.1. The molecule has 0 radical (unpaired) electrons. The van der Waals surface area contributed by atoms with E-state index < -0.39 is 0 Å². The van der Waals surface area contributed by atoms with Crippen LogP contribution in [0.15, 0.2) is 16.1 Å². The first-order chi connectivity index (χ1) is 10.3. The summed E-state index contributed by atoms with van der Waals surface area (Å²) in [6, 6.07) is 0.122. The lowest BCUT2D eigenvalue weighted by molar-refractivity contribution is -0.0470. The summed E-state index contributed by atoms with van der Waals surface area (Å²) in [5, 5.41) is 7.13. The smallest absolute Gasteiger partial charge is 0.243 e. The lowest BCUT2D eigenvalue weighted by atomic mass is 10.2. The average molecular weight is 306 g/mol. The number of aromatic nitrogens is 3. The van der Waals surface area contributed by atoms with E-state index in [1.54, 1.807) is 11.3 Å². The van der Waals surface area contributed by atoms with E-state index in [9.17, 15) is 0 Å². The van der Waals surface area contributed by atoms with Crippen LogP contribution in [-0.4, -0.2) is 39.7 Å². The molecule has 7 heteroatoms. The zero-order chi connectivity index (χ0) is 14.2. The fourth-order valence-corrected chi connectivity index (χ4v) is 3.32. The fraction of sp³-hybridized carbons (Fsp3) is 0.643. The highest BCUT2D eigenvalue weighted by molar-refractivity contribution is 7.09. The van der Waals surface area contributed by atoms with Gasteiger partial charge in [0.15, 0.2) is 5.82 Å². The first kappa shape index (κ1) is 13.4. The molecule has 1 aliphatic heterocycles. The third kappa shape index (κ3) is 2.73. The van der Waals surface area contributed by atoms with Crippen LogP contribution in [-0.2, 0) is 4.74 Å². The van der Waals surface area contributed by atoms with Gasteiger partial charge in [-0.25, -0.2) is 4.98 Å². The molecule has 0 unspecified atom stereocenters. The van der Waals surface area contributed by atoms with Gasteiger partial charge in [0.2, 0.25) is 5.89 Å². The van der Waals surface area contributed by atoms with E-state index in [2.05, 4.69) is 26.9 Å². The zero-order valence-corrected chi connectivity index (χ0v) is 12.8. The van der Waals surface area contributed by atoms with Gasteiger partial charge < -0.3 is 9.26 Å². The average Bonchev–Trinajstić information content (AvgIpc) is 3.05. The van der Waals surface area contributed by atoms with E-state index in [-0.39, 0.29) is 12.1 Å². The summed E-state index contributed by atoms with van der Waals surface area (Å²) in [5.74, 6) is 2.13. The van der Waals surface area contributed by atoms with Crippen molar-refractivity contribution in [2.45, 2.75) is 37.8 Å². The minimum Gasteiger partial charge on any atom is -0.368 e. The molecule has 2 fully saturated rings. The van der Waals surface area contributed by atoms with Crippen LogP contribution in [0.4, 0.5) is 0 Å². The van der Waals surface area contributed by atoms with Crippen LogP contribution in [0, 0.1) is 0 Å². The van der Waals surface area contributed by atoms with Crippen LogP contribution >= 0.6 is 11.3 Å². The van der Waals surface area contributed by atoms with Gasteiger partial charge in [0, 0.05) is 30.6 Å².